The molecule has 1 aromatic carbocycles. The lowest BCUT2D eigenvalue weighted by molar-refractivity contribution is 0.340. The summed E-state index contributed by atoms with van der Waals surface area (Å²) in [5.74, 6) is 0.907. The van der Waals surface area contributed by atoms with Crippen molar-refractivity contribution in [2.75, 3.05) is 13.2 Å². The predicted molar refractivity (Wildman–Crippen MR) is 96.5 cm³/mol. The van der Waals surface area contributed by atoms with E-state index in [1.807, 2.05) is 19.1 Å². The highest BCUT2D eigenvalue weighted by atomic mass is 32.1. The average molecular weight is 329 g/mol. The summed E-state index contributed by atoms with van der Waals surface area (Å²) in [6, 6.07) is 8.34. The fourth-order valence-corrected chi connectivity index (χ4v) is 4.10. The molecule has 3 aromatic rings. The summed E-state index contributed by atoms with van der Waals surface area (Å²) in [6.07, 6.45) is 1.84. The van der Waals surface area contributed by atoms with Crippen LogP contribution in [-0.4, -0.2) is 22.5 Å². The zero-order valence-corrected chi connectivity index (χ0v) is 14.7. The summed E-state index contributed by atoms with van der Waals surface area (Å²) >= 11 is 1.77. The Morgan fingerprint density at radius 3 is 2.57 bits per heavy atom. The fraction of sp³-hybridized carbons (Fsp3) is 0.389. The van der Waals surface area contributed by atoms with Crippen LogP contribution in [0.25, 0.3) is 16.2 Å². The van der Waals surface area contributed by atoms with Crippen LogP contribution in [-0.2, 0) is 12.8 Å². The minimum atomic E-state index is 0.634. The van der Waals surface area contributed by atoms with Crippen LogP contribution in [0, 0.1) is 6.92 Å². The maximum Gasteiger partial charge on any atom is 0.194 e. The predicted octanol–water partition coefficient (Wildman–Crippen LogP) is 3.83. The van der Waals surface area contributed by atoms with Crippen molar-refractivity contribution in [3.05, 3.63) is 40.5 Å². The third kappa shape index (κ3) is 2.86. The standard InChI is InChI=1S/C18H23N3OS/c1-4-16-17(13-6-8-14(9-7-13)22-5-2)21-15(10-11-19)12(3)20-18(21)23-16/h6-9H,4-5,10-11,19H2,1-3H3. The zero-order chi connectivity index (χ0) is 16.4. The van der Waals surface area contributed by atoms with Crippen LogP contribution in [0.3, 0.4) is 0 Å². The van der Waals surface area contributed by atoms with Gasteiger partial charge < -0.3 is 10.5 Å². The highest BCUT2D eigenvalue weighted by molar-refractivity contribution is 7.17. The van der Waals surface area contributed by atoms with Crippen molar-refractivity contribution in [2.45, 2.75) is 33.6 Å². The summed E-state index contributed by atoms with van der Waals surface area (Å²) in [6.45, 7) is 7.58. The number of rotatable bonds is 6. The molecule has 23 heavy (non-hydrogen) atoms. The molecular weight excluding hydrogens is 306 g/mol. The van der Waals surface area contributed by atoms with E-state index in [-0.39, 0.29) is 0 Å². The Labute approximate surface area is 140 Å². The summed E-state index contributed by atoms with van der Waals surface area (Å²) in [5, 5.41) is 0. The number of thiazole rings is 1. The van der Waals surface area contributed by atoms with Gasteiger partial charge in [-0.05, 0) is 56.6 Å². The van der Waals surface area contributed by atoms with E-state index in [2.05, 4.69) is 30.4 Å². The van der Waals surface area contributed by atoms with E-state index in [9.17, 15) is 0 Å². The van der Waals surface area contributed by atoms with Crippen LogP contribution in [0.1, 0.15) is 30.1 Å². The Hall–Kier alpha value is -1.85. The van der Waals surface area contributed by atoms with E-state index in [1.165, 1.54) is 21.8 Å². The summed E-state index contributed by atoms with van der Waals surface area (Å²) < 4.78 is 7.85. The van der Waals surface area contributed by atoms with Gasteiger partial charge in [-0.3, -0.25) is 4.40 Å². The number of ether oxygens (including phenoxy) is 1. The molecule has 0 saturated heterocycles. The molecule has 0 saturated carbocycles. The first-order valence-electron chi connectivity index (χ1n) is 8.12. The topological polar surface area (TPSA) is 52.5 Å². The number of fused-ring (bicyclic) bond motifs is 1. The highest BCUT2D eigenvalue weighted by Crippen LogP contribution is 2.35. The Balaban J connectivity index is 2.17. The van der Waals surface area contributed by atoms with E-state index < -0.39 is 0 Å². The highest BCUT2D eigenvalue weighted by Gasteiger charge is 2.19. The molecule has 3 rings (SSSR count). The number of aromatic nitrogens is 2. The van der Waals surface area contributed by atoms with Crippen molar-refractivity contribution in [3.63, 3.8) is 0 Å². The molecule has 2 heterocycles. The Kier molecular flexibility index (Phi) is 4.68. The molecule has 2 N–H and O–H groups in total. The molecule has 0 bridgehead atoms. The first-order chi connectivity index (χ1) is 11.2. The van der Waals surface area contributed by atoms with Gasteiger partial charge in [-0.15, -0.1) is 11.3 Å². The molecule has 4 nitrogen and oxygen atoms in total. The second-order valence-electron chi connectivity index (χ2n) is 5.49. The fourth-order valence-electron chi connectivity index (χ4n) is 2.95. The monoisotopic (exact) mass is 329 g/mol. The number of imidazole rings is 1. The van der Waals surface area contributed by atoms with Gasteiger partial charge in [-0.25, -0.2) is 4.98 Å². The largest absolute Gasteiger partial charge is 0.494 e. The lowest BCUT2D eigenvalue weighted by Gasteiger charge is -2.09. The SMILES string of the molecule is CCOc1ccc(-c2c(CC)sc3nc(C)c(CCN)n23)cc1. The van der Waals surface area contributed by atoms with Crippen molar-refractivity contribution < 1.29 is 4.74 Å². The smallest absolute Gasteiger partial charge is 0.194 e. The van der Waals surface area contributed by atoms with Gasteiger partial charge in [0.15, 0.2) is 4.96 Å². The number of nitrogens with zero attached hydrogens (tertiary/aromatic N) is 2. The number of hydrogen-bond acceptors (Lipinski definition) is 4. The quantitative estimate of drug-likeness (QED) is 0.747. The minimum absolute atomic E-state index is 0.634. The third-order valence-electron chi connectivity index (χ3n) is 3.99. The number of benzene rings is 1. The van der Waals surface area contributed by atoms with Gasteiger partial charge in [-0.1, -0.05) is 6.92 Å². The molecule has 0 aliphatic rings. The van der Waals surface area contributed by atoms with Crippen LogP contribution in [0.2, 0.25) is 0 Å². The minimum Gasteiger partial charge on any atom is -0.494 e. The lowest BCUT2D eigenvalue weighted by atomic mass is 10.1. The molecule has 2 aromatic heterocycles. The van der Waals surface area contributed by atoms with Crippen molar-refractivity contribution in [3.8, 4) is 17.0 Å². The van der Waals surface area contributed by atoms with Gasteiger partial charge in [0.25, 0.3) is 0 Å². The zero-order valence-electron chi connectivity index (χ0n) is 13.9. The molecular formula is C18H23N3OS. The van der Waals surface area contributed by atoms with Crippen LogP contribution < -0.4 is 10.5 Å². The molecule has 0 aliphatic carbocycles. The van der Waals surface area contributed by atoms with Gasteiger partial charge >= 0.3 is 0 Å². The van der Waals surface area contributed by atoms with Gasteiger partial charge in [0.1, 0.15) is 5.75 Å². The van der Waals surface area contributed by atoms with Crippen LogP contribution in [0.5, 0.6) is 5.75 Å². The van der Waals surface area contributed by atoms with Crippen molar-refractivity contribution in [1.29, 1.82) is 0 Å². The van der Waals surface area contributed by atoms with Gasteiger partial charge in [0.05, 0.1) is 18.0 Å². The van der Waals surface area contributed by atoms with Gasteiger partial charge in [0.2, 0.25) is 0 Å². The molecule has 0 atom stereocenters. The second-order valence-corrected chi connectivity index (χ2v) is 6.55. The normalized spacial score (nSPS) is 11.3. The Morgan fingerprint density at radius 2 is 1.96 bits per heavy atom. The van der Waals surface area contributed by atoms with E-state index in [1.54, 1.807) is 11.3 Å². The van der Waals surface area contributed by atoms with Crippen LogP contribution in [0.15, 0.2) is 24.3 Å². The number of aryl methyl sites for hydroxylation is 2. The maximum atomic E-state index is 5.81. The summed E-state index contributed by atoms with van der Waals surface area (Å²) in [7, 11) is 0. The molecule has 0 fully saturated rings. The summed E-state index contributed by atoms with van der Waals surface area (Å²) in [5.41, 5.74) is 10.6. The molecule has 0 unspecified atom stereocenters. The molecule has 0 aliphatic heterocycles. The van der Waals surface area contributed by atoms with Gasteiger partial charge in [0, 0.05) is 17.0 Å². The third-order valence-corrected chi connectivity index (χ3v) is 5.17. The van der Waals surface area contributed by atoms with Gasteiger partial charge in [-0.2, -0.15) is 0 Å². The van der Waals surface area contributed by atoms with E-state index in [0.717, 1.165) is 29.2 Å². The van der Waals surface area contributed by atoms with Crippen molar-refractivity contribution in [2.24, 2.45) is 5.73 Å². The van der Waals surface area contributed by atoms with Crippen molar-refractivity contribution >= 4 is 16.3 Å². The van der Waals surface area contributed by atoms with E-state index in [0.29, 0.717) is 13.2 Å². The lowest BCUT2D eigenvalue weighted by Crippen LogP contribution is -2.07. The maximum absolute atomic E-state index is 5.81. The number of nitrogens with two attached hydrogens (primary N) is 1. The van der Waals surface area contributed by atoms with E-state index >= 15 is 0 Å². The van der Waals surface area contributed by atoms with Crippen molar-refractivity contribution in [1.82, 2.24) is 9.38 Å². The first kappa shape index (κ1) is 16.0. The first-order valence-corrected chi connectivity index (χ1v) is 8.94. The Morgan fingerprint density at radius 1 is 1.22 bits per heavy atom. The molecule has 5 heteroatoms. The summed E-state index contributed by atoms with van der Waals surface area (Å²) in [4.78, 5) is 7.15. The number of hydrogen-bond donors (Lipinski definition) is 1. The Bertz CT molecular complexity index is 802. The van der Waals surface area contributed by atoms with Crippen LogP contribution >= 0.6 is 11.3 Å². The second kappa shape index (κ2) is 6.72. The molecule has 0 radical (unpaired) electrons. The van der Waals surface area contributed by atoms with E-state index in [4.69, 9.17) is 15.5 Å². The molecule has 0 amide bonds. The van der Waals surface area contributed by atoms with Crippen LogP contribution in [0.4, 0.5) is 0 Å². The molecule has 122 valence electrons. The average Bonchev–Trinajstić information content (AvgIpc) is 3.05. The molecule has 0 spiro atoms.